The van der Waals surface area contributed by atoms with E-state index in [1.807, 2.05) is 24.1 Å². The minimum atomic E-state index is 0.0378. The van der Waals surface area contributed by atoms with Crippen molar-refractivity contribution in [1.29, 1.82) is 0 Å². The van der Waals surface area contributed by atoms with Crippen LogP contribution in [0.1, 0.15) is 56.4 Å². The fourth-order valence-corrected chi connectivity index (χ4v) is 3.10. The molecule has 1 N–H and O–H groups in total. The third-order valence-electron chi connectivity index (χ3n) is 4.45. The molecule has 21 heavy (non-hydrogen) atoms. The van der Waals surface area contributed by atoms with Crippen molar-refractivity contribution in [2.75, 3.05) is 18.9 Å². The van der Waals surface area contributed by atoms with E-state index in [0.717, 1.165) is 25.1 Å². The van der Waals surface area contributed by atoms with Crippen LogP contribution in [0.3, 0.4) is 0 Å². The zero-order chi connectivity index (χ0) is 15.2. The van der Waals surface area contributed by atoms with Crippen molar-refractivity contribution in [2.45, 2.75) is 52.0 Å². The van der Waals surface area contributed by atoms with E-state index in [-0.39, 0.29) is 5.91 Å². The molecule has 1 heterocycles. The maximum Gasteiger partial charge on any atom is 0.272 e. The average Bonchev–Trinajstić information content (AvgIpc) is 2.52. The molecule has 1 aliphatic carbocycles. The van der Waals surface area contributed by atoms with Crippen LogP contribution < -0.4 is 5.32 Å². The molecule has 2 unspecified atom stereocenters. The van der Waals surface area contributed by atoms with E-state index in [1.54, 1.807) is 6.20 Å². The number of carbonyl (C=O) groups is 1. The average molecular weight is 289 g/mol. The molecule has 0 aromatic carbocycles. The van der Waals surface area contributed by atoms with Gasteiger partial charge in [-0.05, 0) is 37.3 Å². The zero-order valence-corrected chi connectivity index (χ0v) is 13.4. The highest BCUT2D eigenvalue weighted by atomic mass is 16.2. The predicted octanol–water partition coefficient (Wildman–Crippen LogP) is 3.55. The minimum absolute atomic E-state index is 0.0378. The van der Waals surface area contributed by atoms with Crippen molar-refractivity contribution in [2.24, 2.45) is 5.92 Å². The normalized spacial score (nSPS) is 21.9. The summed E-state index contributed by atoms with van der Waals surface area (Å²) in [5, 5.41) is 3.27. The van der Waals surface area contributed by atoms with E-state index in [0.29, 0.717) is 17.7 Å². The number of nitrogens with zero attached hydrogens (tertiary/aromatic N) is 2. The molecule has 1 aliphatic rings. The van der Waals surface area contributed by atoms with Crippen LogP contribution in [-0.4, -0.2) is 35.4 Å². The first-order valence-electron chi connectivity index (χ1n) is 8.10. The van der Waals surface area contributed by atoms with Gasteiger partial charge in [-0.25, -0.2) is 4.98 Å². The summed E-state index contributed by atoms with van der Waals surface area (Å²) in [6, 6.07) is 4.11. The summed E-state index contributed by atoms with van der Waals surface area (Å²) in [6.07, 6.45) is 7.66. The van der Waals surface area contributed by atoms with Gasteiger partial charge in [0, 0.05) is 19.6 Å². The SMILES string of the molecule is CCCNc1ccc(C(=O)N(C)C2CCCCC2C)nc1. The third kappa shape index (κ3) is 3.96. The molecule has 1 fully saturated rings. The molecule has 0 bridgehead atoms. The molecule has 0 saturated heterocycles. The van der Waals surface area contributed by atoms with Crippen LogP contribution in [0.4, 0.5) is 5.69 Å². The van der Waals surface area contributed by atoms with Crippen LogP contribution in [-0.2, 0) is 0 Å². The van der Waals surface area contributed by atoms with Crippen molar-refractivity contribution in [3.8, 4) is 0 Å². The zero-order valence-electron chi connectivity index (χ0n) is 13.4. The van der Waals surface area contributed by atoms with E-state index in [9.17, 15) is 4.79 Å². The van der Waals surface area contributed by atoms with E-state index >= 15 is 0 Å². The van der Waals surface area contributed by atoms with E-state index < -0.39 is 0 Å². The van der Waals surface area contributed by atoms with Crippen molar-refractivity contribution in [3.63, 3.8) is 0 Å². The molecule has 2 rings (SSSR count). The molecule has 116 valence electrons. The predicted molar refractivity (Wildman–Crippen MR) is 86.5 cm³/mol. The lowest BCUT2D eigenvalue weighted by Gasteiger charge is -2.36. The Balaban J connectivity index is 2.01. The Morgan fingerprint density at radius 2 is 2.14 bits per heavy atom. The summed E-state index contributed by atoms with van der Waals surface area (Å²) in [7, 11) is 1.92. The quantitative estimate of drug-likeness (QED) is 0.901. The van der Waals surface area contributed by atoms with Gasteiger partial charge in [0.25, 0.3) is 5.91 Å². The second-order valence-electron chi connectivity index (χ2n) is 6.10. The molecular weight excluding hydrogens is 262 g/mol. The van der Waals surface area contributed by atoms with Crippen LogP contribution in [0.15, 0.2) is 18.3 Å². The Hall–Kier alpha value is -1.58. The molecule has 1 amide bonds. The van der Waals surface area contributed by atoms with Gasteiger partial charge in [0.2, 0.25) is 0 Å². The topological polar surface area (TPSA) is 45.2 Å². The van der Waals surface area contributed by atoms with Crippen LogP contribution in [0.5, 0.6) is 0 Å². The van der Waals surface area contributed by atoms with E-state index in [2.05, 4.69) is 24.1 Å². The van der Waals surface area contributed by atoms with Crippen LogP contribution in [0.25, 0.3) is 0 Å². The number of amides is 1. The number of anilines is 1. The first kappa shape index (κ1) is 15.8. The lowest BCUT2D eigenvalue weighted by Crippen LogP contribution is -2.42. The fourth-order valence-electron chi connectivity index (χ4n) is 3.10. The van der Waals surface area contributed by atoms with E-state index in [1.165, 1.54) is 19.3 Å². The molecule has 4 heteroatoms. The smallest absolute Gasteiger partial charge is 0.272 e. The van der Waals surface area contributed by atoms with Crippen molar-refractivity contribution in [1.82, 2.24) is 9.88 Å². The highest BCUT2D eigenvalue weighted by molar-refractivity contribution is 5.92. The van der Waals surface area contributed by atoms with Crippen molar-refractivity contribution >= 4 is 11.6 Å². The van der Waals surface area contributed by atoms with Gasteiger partial charge in [0.05, 0.1) is 11.9 Å². The Morgan fingerprint density at radius 1 is 1.38 bits per heavy atom. The number of hydrogen-bond acceptors (Lipinski definition) is 3. The minimum Gasteiger partial charge on any atom is -0.384 e. The Labute approximate surface area is 127 Å². The van der Waals surface area contributed by atoms with Gasteiger partial charge in [0.15, 0.2) is 0 Å². The first-order chi connectivity index (χ1) is 10.1. The number of rotatable bonds is 5. The molecule has 1 saturated carbocycles. The van der Waals surface area contributed by atoms with Crippen LogP contribution >= 0.6 is 0 Å². The number of pyridine rings is 1. The second kappa shape index (κ2) is 7.43. The van der Waals surface area contributed by atoms with E-state index in [4.69, 9.17) is 0 Å². The van der Waals surface area contributed by atoms with Gasteiger partial charge >= 0.3 is 0 Å². The highest BCUT2D eigenvalue weighted by Gasteiger charge is 2.28. The summed E-state index contributed by atoms with van der Waals surface area (Å²) < 4.78 is 0. The molecule has 2 atom stereocenters. The number of aromatic nitrogens is 1. The van der Waals surface area contributed by atoms with Crippen LogP contribution in [0.2, 0.25) is 0 Å². The lowest BCUT2D eigenvalue weighted by molar-refractivity contribution is 0.0623. The maximum absolute atomic E-state index is 12.6. The highest BCUT2D eigenvalue weighted by Crippen LogP contribution is 2.28. The summed E-state index contributed by atoms with van der Waals surface area (Å²) in [5.41, 5.74) is 1.51. The summed E-state index contributed by atoms with van der Waals surface area (Å²) in [4.78, 5) is 18.8. The van der Waals surface area contributed by atoms with Gasteiger partial charge in [-0.15, -0.1) is 0 Å². The molecule has 0 aliphatic heterocycles. The van der Waals surface area contributed by atoms with Crippen LogP contribution in [0, 0.1) is 5.92 Å². The maximum atomic E-state index is 12.6. The molecule has 1 aromatic heterocycles. The molecule has 1 aromatic rings. The molecule has 0 radical (unpaired) electrons. The number of hydrogen-bond donors (Lipinski definition) is 1. The monoisotopic (exact) mass is 289 g/mol. The first-order valence-corrected chi connectivity index (χ1v) is 8.10. The van der Waals surface area contributed by atoms with Gasteiger partial charge in [0.1, 0.15) is 5.69 Å². The summed E-state index contributed by atoms with van der Waals surface area (Å²) >= 11 is 0. The molecular formula is C17H27N3O. The summed E-state index contributed by atoms with van der Waals surface area (Å²) in [5.74, 6) is 0.619. The van der Waals surface area contributed by atoms with Gasteiger partial charge in [-0.1, -0.05) is 26.7 Å². The Morgan fingerprint density at radius 3 is 2.76 bits per heavy atom. The van der Waals surface area contributed by atoms with Gasteiger partial charge in [-0.2, -0.15) is 0 Å². The van der Waals surface area contributed by atoms with Gasteiger partial charge < -0.3 is 10.2 Å². The fraction of sp³-hybridized carbons (Fsp3) is 0.647. The Bertz CT molecular complexity index is 458. The standard InChI is InChI=1S/C17H27N3O/c1-4-11-18-14-9-10-15(19-12-14)17(21)20(3)16-8-6-5-7-13(16)2/h9-10,12-13,16,18H,4-8,11H2,1-3H3. The van der Waals surface area contributed by atoms with Crippen molar-refractivity contribution in [3.05, 3.63) is 24.0 Å². The molecule has 4 nitrogen and oxygen atoms in total. The van der Waals surface area contributed by atoms with Gasteiger partial charge in [-0.3, -0.25) is 4.79 Å². The largest absolute Gasteiger partial charge is 0.384 e. The number of carbonyl (C=O) groups excluding carboxylic acids is 1. The lowest BCUT2D eigenvalue weighted by atomic mass is 9.85. The Kier molecular flexibility index (Phi) is 5.59. The third-order valence-corrected chi connectivity index (χ3v) is 4.45. The van der Waals surface area contributed by atoms with Crippen molar-refractivity contribution < 1.29 is 4.79 Å². The number of nitrogens with one attached hydrogen (secondary N) is 1. The summed E-state index contributed by atoms with van der Waals surface area (Å²) in [6.45, 7) is 5.30. The molecule has 0 spiro atoms. The second-order valence-corrected chi connectivity index (χ2v) is 6.10.